The molecule has 2 saturated heterocycles. The number of morpholine rings is 1. The van der Waals surface area contributed by atoms with Gasteiger partial charge in [0.2, 0.25) is 15.9 Å². The maximum Gasteiger partial charge on any atom is 0.243 e. The zero-order valence-electron chi connectivity index (χ0n) is 18.8. The Morgan fingerprint density at radius 2 is 2.00 bits per heavy atom. The van der Waals surface area contributed by atoms with E-state index >= 15 is 0 Å². The van der Waals surface area contributed by atoms with Crippen LogP contribution in [0.2, 0.25) is 0 Å². The molecule has 2 aliphatic rings. The molecule has 1 aromatic carbocycles. The van der Waals surface area contributed by atoms with Gasteiger partial charge < -0.3 is 14.6 Å². The molecule has 32 heavy (non-hydrogen) atoms. The van der Waals surface area contributed by atoms with E-state index in [0.29, 0.717) is 24.4 Å². The summed E-state index contributed by atoms with van der Waals surface area (Å²) in [5, 5.41) is 3.93. The number of benzene rings is 1. The third-order valence-electron chi connectivity index (χ3n) is 6.53. The molecule has 1 amide bonds. The van der Waals surface area contributed by atoms with Crippen LogP contribution >= 0.6 is 0 Å². The smallest absolute Gasteiger partial charge is 0.243 e. The lowest BCUT2D eigenvalue weighted by atomic mass is 9.99. The van der Waals surface area contributed by atoms with E-state index in [9.17, 15) is 13.2 Å². The summed E-state index contributed by atoms with van der Waals surface area (Å²) in [6, 6.07) is 7.24. The van der Waals surface area contributed by atoms with Gasteiger partial charge in [-0.1, -0.05) is 0 Å². The fourth-order valence-corrected chi connectivity index (χ4v) is 6.18. The second-order valence-electron chi connectivity index (χ2n) is 8.62. The Hall–Kier alpha value is -1.94. The second-order valence-corrected chi connectivity index (χ2v) is 10.6. The van der Waals surface area contributed by atoms with Crippen molar-refractivity contribution in [3.05, 3.63) is 30.5 Å². The number of sulfonamides is 1. The number of hydrogen-bond donors (Lipinski definition) is 1. The number of carbonyl (C=O) groups is 1. The van der Waals surface area contributed by atoms with Crippen LogP contribution in [-0.4, -0.2) is 80.6 Å². The number of ether oxygens (including phenoxy) is 1. The molecule has 8 nitrogen and oxygen atoms in total. The summed E-state index contributed by atoms with van der Waals surface area (Å²) in [7, 11) is -3.63. The van der Waals surface area contributed by atoms with E-state index in [0.717, 1.165) is 63.1 Å². The minimum absolute atomic E-state index is 0.0395. The topological polar surface area (TPSA) is 83.9 Å². The molecule has 1 N–H and O–H groups in total. The zero-order chi connectivity index (χ0) is 22.6. The minimum atomic E-state index is -3.63. The van der Waals surface area contributed by atoms with E-state index in [1.54, 1.807) is 12.1 Å². The quantitative estimate of drug-likeness (QED) is 0.606. The number of aryl methyl sites for hydroxylation is 1. The van der Waals surface area contributed by atoms with Crippen molar-refractivity contribution in [2.45, 2.75) is 37.6 Å². The van der Waals surface area contributed by atoms with Gasteiger partial charge in [0.05, 0.1) is 24.0 Å². The number of rotatable bonds is 8. The van der Waals surface area contributed by atoms with Gasteiger partial charge in [-0.2, -0.15) is 4.31 Å². The number of nitrogens with one attached hydrogen (secondary N) is 1. The Kier molecular flexibility index (Phi) is 7.50. The number of nitrogens with zero attached hydrogens (tertiary/aromatic N) is 3. The Bertz CT molecular complexity index is 1030. The van der Waals surface area contributed by atoms with Gasteiger partial charge in [-0.25, -0.2) is 8.42 Å². The fraction of sp³-hybridized carbons (Fsp3) is 0.609. The Morgan fingerprint density at radius 1 is 1.19 bits per heavy atom. The molecule has 0 aliphatic carbocycles. The Morgan fingerprint density at radius 3 is 2.78 bits per heavy atom. The van der Waals surface area contributed by atoms with Crippen LogP contribution in [0, 0.1) is 5.92 Å². The maximum atomic E-state index is 13.3. The number of fused-ring (bicyclic) bond motifs is 1. The number of hydrogen-bond acceptors (Lipinski definition) is 5. The standard InChI is InChI=1S/C23H34N4O4S/c1-2-26-12-8-19-17-21(6-7-22(19)26)32(29,30)27-11-3-5-20(18-27)23(28)24-9-4-10-25-13-15-31-16-14-25/h6-8,12,17,20H,2-5,9-11,13-16,18H2,1H3,(H,24,28)/t20-/m1/s1. The van der Waals surface area contributed by atoms with Crippen molar-refractivity contribution in [2.24, 2.45) is 5.92 Å². The highest BCUT2D eigenvalue weighted by Crippen LogP contribution is 2.27. The third-order valence-corrected chi connectivity index (χ3v) is 8.39. The monoisotopic (exact) mass is 462 g/mol. The van der Waals surface area contributed by atoms with E-state index < -0.39 is 10.0 Å². The Labute approximate surface area is 190 Å². The third kappa shape index (κ3) is 5.17. The van der Waals surface area contributed by atoms with E-state index in [-0.39, 0.29) is 18.4 Å². The number of piperidine rings is 1. The van der Waals surface area contributed by atoms with Gasteiger partial charge in [0, 0.05) is 56.4 Å². The molecule has 9 heteroatoms. The van der Waals surface area contributed by atoms with Crippen molar-refractivity contribution in [1.29, 1.82) is 0 Å². The van der Waals surface area contributed by atoms with Crippen molar-refractivity contribution < 1.29 is 17.9 Å². The molecule has 1 aromatic heterocycles. The average molecular weight is 463 g/mol. The first-order valence-corrected chi connectivity index (χ1v) is 13.1. The van der Waals surface area contributed by atoms with E-state index in [1.807, 2.05) is 18.3 Å². The van der Waals surface area contributed by atoms with Gasteiger partial charge in [-0.05, 0) is 57.0 Å². The predicted octanol–water partition coefficient (Wildman–Crippen LogP) is 1.90. The molecule has 0 radical (unpaired) electrons. The first-order chi connectivity index (χ1) is 15.5. The van der Waals surface area contributed by atoms with Crippen LogP contribution in [0.3, 0.4) is 0 Å². The Balaban J connectivity index is 1.33. The fourth-order valence-electron chi connectivity index (χ4n) is 4.62. The van der Waals surface area contributed by atoms with Gasteiger partial charge in [-0.3, -0.25) is 9.69 Å². The summed E-state index contributed by atoms with van der Waals surface area (Å²) in [5.74, 6) is -0.339. The van der Waals surface area contributed by atoms with Gasteiger partial charge in [0.1, 0.15) is 0 Å². The predicted molar refractivity (Wildman–Crippen MR) is 124 cm³/mol. The molecule has 2 aliphatic heterocycles. The number of carbonyl (C=O) groups excluding carboxylic acids is 1. The molecule has 2 fully saturated rings. The summed E-state index contributed by atoms with van der Waals surface area (Å²) in [4.78, 5) is 15.3. The van der Waals surface area contributed by atoms with Gasteiger partial charge in [0.25, 0.3) is 0 Å². The van der Waals surface area contributed by atoms with Crippen molar-refractivity contribution in [3.63, 3.8) is 0 Å². The molecule has 3 heterocycles. The van der Waals surface area contributed by atoms with E-state index in [4.69, 9.17) is 4.74 Å². The molecule has 1 atom stereocenters. The summed E-state index contributed by atoms with van der Waals surface area (Å²) in [6.07, 6.45) is 4.28. The van der Waals surface area contributed by atoms with Crippen LogP contribution in [0.1, 0.15) is 26.2 Å². The van der Waals surface area contributed by atoms with Crippen LogP contribution in [0.5, 0.6) is 0 Å². The average Bonchev–Trinajstić information content (AvgIpc) is 3.25. The van der Waals surface area contributed by atoms with Gasteiger partial charge in [-0.15, -0.1) is 0 Å². The lowest BCUT2D eigenvalue weighted by molar-refractivity contribution is -0.126. The highest BCUT2D eigenvalue weighted by atomic mass is 32.2. The SMILES string of the molecule is CCn1ccc2cc(S(=O)(=O)N3CCC[C@@H](C(=O)NCCCN4CCOCC4)C3)ccc21. The normalized spacial score (nSPS) is 21.1. The highest BCUT2D eigenvalue weighted by Gasteiger charge is 2.33. The molecule has 0 saturated carbocycles. The van der Waals surface area contributed by atoms with Gasteiger partial charge in [0.15, 0.2) is 0 Å². The van der Waals surface area contributed by atoms with E-state index in [2.05, 4.69) is 21.7 Å². The summed E-state index contributed by atoms with van der Waals surface area (Å²) in [6.45, 7) is 8.59. The van der Waals surface area contributed by atoms with Crippen molar-refractivity contribution >= 4 is 26.8 Å². The summed E-state index contributed by atoms with van der Waals surface area (Å²) < 4.78 is 35.5. The van der Waals surface area contributed by atoms with Crippen molar-refractivity contribution in [3.8, 4) is 0 Å². The van der Waals surface area contributed by atoms with Crippen LogP contribution in [0.15, 0.2) is 35.4 Å². The molecule has 0 unspecified atom stereocenters. The largest absolute Gasteiger partial charge is 0.379 e. The molecule has 0 spiro atoms. The van der Waals surface area contributed by atoms with Crippen LogP contribution in [-0.2, 0) is 26.1 Å². The number of aromatic nitrogens is 1. The van der Waals surface area contributed by atoms with Gasteiger partial charge >= 0.3 is 0 Å². The number of amides is 1. The minimum Gasteiger partial charge on any atom is -0.379 e. The summed E-state index contributed by atoms with van der Waals surface area (Å²) >= 11 is 0. The van der Waals surface area contributed by atoms with Crippen molar-refractivity contribution in [1.82, 2.24) is 19.1 Å². The molecular formula is C23H34N4O4S. The molecule has 176 valence electrons. The molecule has 2 aromatic rings. The molecule has 0 bridgehead atoms. The van der Waals surface area contributed by atoms with Crippen LogP contribution in [0.25, 0.3) is 10.9 Å². The lowest BCUT2D eigenvalue weighted by Gasteiger charge is -2.31. The van der Waals surface area contributed by atoms with Crippen LogP contribution in [0.4, 0.5) is 0 Å². The highest BCUT2D eigenvalue weighted by molar-refractivity contribution is 7.89. The zero-order valence-corrected chi connectivity index (χ0v) is 19.6. The summed E-state index contributed by atoms with van der Waals surface area (Å²) in [5.41, 5.74) is 1.03. The molecular weight excluding hydrogens is 428 g/mol. The van der Waals surface area contributed by atoms with Crippen LogP contribution < -0.4 is 5.32 Å². The molecule has 4 rings (SSSR count). The second kappa shape index (κ2) is 10.3. The van der Waals surface area contributed by atoms with E-state index in [1.165, 1.54) is 4.31 Å². The lowest BCUT2D eigenvalue weighted by Crippen LogP contribution is -2.45. The first-order valence-electron chi connectivity index (χ1n) is 11.7. The first kappa shape index (κ1) is 23.2. The maximum absolute atomic E-state index is 13.3. The van der Waals surface area contributed by atoms with Crippen molar-refractivity contribution in [2.75, 3.05) is 52.5 Å².